The average molecular weight is 177 g/mol. The van der Waals surface area contributed by atoms with Crippen LogP contribution >= 0.6 is 0 Å². The van der Waals surface area contributed by atoms with Gasteiger partial charge in [0, 0.05) is 30.9 Å². The molecule has 0 aromatic heterocycles. The standard InChI is InChI=1S/C10H11NO2/c1-11(2)10-4-3-8(6-12)5-9(10)7-13/h3-7H,1-2H3. The third-order valence-corrected chi connectivity index (χ3v) is 1.80. The lowest BCUT2D eigenvalue weighted by Crippen LogP contribution is -2.11. The van der Waals surface area contributed by atoms with E-state index in [1.165, 1.54) is 0 Å². The van der Waals surface area contributed by atoms with Gasteiger partial charge in [0.05, 0.1) is 0 Å². The highest BCUT2D eigenvalue weighted by atomic mass is 16.1. The molecule has 0 amide bonds. The van der Waals surface area contributed by atoms with E-state index < -0.39 is 0 Å². The number of anilines is 1. The molecule has 0 fully saturated rings. The number of rotatable bonds is 3. The largest absolute Gasteiger partial charge is 0.377 e. The van der Waals surface area contributed by atoms with Crippen molar-refractivity contribution in [1.29, 1.82) is 0 Å². The normalized spacial score (nSPS) is 9.38. The Bertz CT molecular complexity index is 332. The van der Waals surface area contributed by atoms with Crippen molar-refractivity contribution in [2.24, 2.45) is 0 Å². The molecule has 68 valence electrons. The summed E-state index contributed by atoms with van der Waals surface area (Å²) in [5.41, 5.74) is 1.88. The van der Waals surface area contributed by atoms with Crippen LogP contribution in [0.25, 0.3) is 0 Å². The van der Waals surface area contributed by atoms with Gasteiger partial charge in [0.1, 0.15) is 6.29 Å². The number of nitrogens with zero attached hydrogens (tertiary/aromatic N) is 1. The topological polar surface area (TPSA) is 37.4 Å². The summed E-state index contributed by atoms with van der Waals surface area (Å²) in [6.07, 6.45) is 1.48. The van der Waals surface area contributed by atoms with Crippen molar-refractivity contribution < 1.29 is 9.59 Å². The molecule has 0 spiro atoms. The molecular formula is C10H11NO2. The Morgan fingerprint density at radius 2 is 1.85 bits per heavy atom. The van der Waals surface area contributed by atoms with Gasteiger partial charge in [-0.15, -0.1) is 0 Å². The quantitative estimate of drug-likeness (QED) is 0.654. The third kappa shape index (κ3) is 1.93. The van der Waals surface area contributed by atoms with Crippen LogP contribution in [0.4, 0.5) is 5.69 Å². The Morgan fingerprint density at radius 1 is 1.15 bits per heavy atom. The van der Waals surface area contributed by atoms with Gasteiger partial charge < -0.3 is 4.90 Å². The Labute approximate surface area is 77.0 Å². The lowest BCUT2D eigenvalue weighted by molar-refractivity contribution is 0.112. The van der Waals surface area contributed by atoms with Crippen LogP contribution in [0.2, 0.25) is 0 Å². The molecule has 0 saturated carbocycles. The fourth-order valence-corrected chi connectivity index (χ4v) is 1.15. The summed E-state index contributed by atoms with van der Waals surface area (Å²) < 4.78 is 0. The van der Waals surface area contributed by atoms with Crippen molar-refractivity contribution >= 4 is 18.3 Å². The van der Waals surface area contributed by atoms with E-state index in [1.54, 1.807) is 18.2 Å². The van der Waals surface area contributed by atoms with E-state index >= 15 is 0 Å². The van der Waals surface area contributed by atoms with Crippen molar-refractivity contribution in [2.75, 3.05) is 19.0 Å². The van der Waals surface area contributed by atoms with Crippen LogP contribution in [0.3, 0.4) is 0 Å². The van der Waals surface area contributed by atoms with E-state index in [2.05, 4.69) is 0 Å². The monoisotopic (exact) mass is 177 g/mol. The number of hydrogen-bond donors (Lipinski definition) is 0. The molecule has 13 heavy (non-hydrogen) atoms. The molecule has 0 radical (unpaired) electrons. The van der Waals surface area contributed by atoms with E-state index in [1.807, 2.05) is 19.0 Å². The number of carbonyl (C=O) groups excluding carboxylic acids is 2. The Kier molecular flexibility index (Phi) is 2.80. The van der Waals surface area contributed by atoms with Crippen molar-refractivity contribution in [3.05, 3.63) is 29.3 Å². The summed E-state index contributed by atoms with van der Waals surface area (Å²) in [7, 11) is 3.70. The predicted molar refractivity (Wildman–Crippen MR) is 51.5 cm³/mol. The summed E-state index contributed by atoms with van der Waals surface area (Å²) >= 11 is 0. The van der Waals surface area contributed by atoms with Crippen LogP contribution < -0.4 is 4.90 Å². The third-order valence-electron chi connectivity index (χ3n) is 1.80. The molecule has 3 heteroatoms. The molecule has 0 aliphatic carbocycles. The lowest BCUT2D eigenvalue weighted by atomic mass is 10.1. The summed E-state index contributed by atoms with van der Waals surface area (Å²) in [6, 6.07) is 5.03. The summed E-state index contributed by atoms with van der Waals surface area (Å²) in [6.45, 7) is 0. The number of hydrogen-bond acceptors (Lipinski definition) is 3. The van der Waals surface area contributed by atoms with E-state index in [-0.39, 0.29) is 0 Å². The second-order valence-electron chi connectivity index (χ2n) is 2.95. The molecule has 1 aromatic carbocycles. The highest BCUT2D eigenvalue weighted by Crippen LogP contribution is 2.17. The zero-order valence-corrected chi connectivity index (χ0v) is 7.65. The van der Waals surface area contributed by atoms with Gasteiger partial charge >= 0.3 is 0 Å². The first-order valence-electron chi connectivity index (χ1n) is 3.90. The van der Waals surface area contributed by atoms with Crippen LogP contribution in [-0.4, -0.2) is 26.7 Å². The van der Waals surface area contributed by atoms with Crippen LogP contribution in [0.1, 0.15) is 20.7 Å². The first-order valence-corrected chi connectivity index (χ1v) is 3.90. The van der Waals surface area contributed by atoms with Gasteiger partial charge in [0.15, 0.2) is 6.29 Å². The smallest absolute Gasteiger partial charge is 0.152 e. The summed E-state index contributed by atoms with van der Waals surface area (Å²) in [5.74, 6) is 0. The SMILES string of the molecule is CN(C)c1ccc(C=O)cc1C=O. The molecule has 0 atom stereocenters. The fraction of sp³-hybridized carbons (Fsp3) is 0.200. The van der Waals surface area contributed by atoms with Gasteiger partial charge in [0.25, 0.3) is 0 Å². The molecule has 0 aliphatic rings. The zero-order chi connectivity index (χ0) is 9.84. The second kappa shape index (κ2) is 3.85. The van der Waals surface area contributed by atoms with Gasteiger partial charge in [-0.25, -0.2) is 0 Å². The molecule has 1 rings (SSSR count). The molecule has 0 unspecified atom stereocenters. The predicted octanol–water partition coefficient (Wildman–Crippen LogP) is 1.38. The molecule has 0 saturated heterocycles. The van der Waals surface area contributed by atoms with E-state index in [9.17, 15) is 9.59 Å². The van der Waals surface area contributed by atoms with Gasteiger partial charge in [-0.2, -0.15) is 0 Å². The van der Waals surface area contributed by atoms with Crippen molar-refractivity contribution in [3.63, 3.8) is 0 Å². The van der Waals surface area contributed by atoms with Crippen molar-refractivity contribution in [3.8, 4) is 0 Å². The highest BCUT2D eigenvalue weighted by molar-refractivity contribution is 5.88. The van der Waals surface area contributed by atoms with Crippen LogP contribution in [0.5, 0.6) is 0 Å². The summed E-state index contributed by atoms with van der Waals surface area (Å²) in [4.78, 5) is 22.9. The van der Waals surface area contributed by atoms with Crippen molar-refractivity contribution in [1.82, 2.24) is 0 Å². The molecule has 0 aliphatic heterocycles. The van der Waals surface area contributed by atoms with E-state index in [0.29, 0.717) is 11.1 Å². The van der Waals surface area contributed by atoms with E-state index in [4.69, 9.17) is 0 Å². The maximum absolute atomic E-state index is 10.7. The van der Waals surface area contributed by atoms with E-state index in [0.717, 1.165) is 18.3 Å². The zero-order valence-electron chi connectivity index (χ0n) is 7.65. The maximum atomic E-state index is 10.7. The summed E-state index contributed by atoms with van der Waals surface area (Å²) in [5, 5.41) is 0. The molecule has 0 N–H and O–H groups in total. The molecule has 0 bridgehead atoms. The number of aldehydes is 2. The van der Waals surface area contributed by atoms with Crippen LogP contribution in [0.15, 0.2) is 18.2 Å². The molecule has 1 aromatic rings. The molecule has 0 heterocycles. The number of carbonyl (C=O) groups is 2. The molecular weight excluding hydrogens is 166 g/mol. The van der Waals surface area contributed by atoms with Gasteiger partial charge in [-0.1, -0.05) is 0 Å². The minimum Gasteiger partial charge on any atom is -0.377 e. The average Bonchev–Trinajstić information content (AvgIpc) is 2.16. The maximum Gasteiger partial charge on any atom is 0.152 e. The highest BCUT2D eigenvalue weighted by Gasteiger charge is 2.03. The molecule has 3 nitrogen and oxygen atoms in total. The first kappa shape index (κ1) is 9.45. The van der Waals surface area contributed by atoms with Gasteiger partial charge in [-0.3, -0.25) is 9.59 Å². The Hall–Kier alpha value is -1.64. The Morgan fingerprint density at radius 3 is 2.31 bits per heavy atom. The lowest BCUT2D eigenvalue weighted by Gasteiger charge is -2.14. The minimum absolute atomic E-state index is 0.521. The van der Waals surface area contributed by atoms with Crippen LogP contribution in [-0.2, 0) is 0 Å². The number of benzene rings is 1. The van der Waals surface area contributed by atoms with Crippen molar-refractivity contribution in [2.45, 2.75) is 0 Å². The van der Waals surface area contributed by atoms with Gasteiger partial charge in [-0.05, 0) is 18.2 Å². The van der Waals surface area contributed by atoms with Crippen LogP contribution in [0, 0.1) is 0 Å². The second-order valence-corrected chi connectivity index (χ2v) is 2.95. The minimum atomic E-state index is 0.521. The fourth-order valence-electron chi connectivity index (χ4n) is 1.15. The Balaban J connectivity index is 3.23. The first-order chi connectivity index (χ1) is 6.19. The van der Waals surface area contributed by atoms with Gasteiger partial charge in [0.2, 0.25) is 0 Å².